The number of fused-ring (bicyclic) bond motifs is 1. The van der Waals surface area contributed by atoms with E-state index in [1.165, 1.54) is 102 Å². The highest BCUT2D eigenvalue weighted by molar-refractivity contribution is 5.24. The fourth-order valence-corrected chi connectivity index (χ4v) is 3.90. The van der Waals surface area contributed by atoms with Crippen LogP contribution < -0.4 is 0 Å². The second-order valence-corrected chi connectivity index (χ2v) is 7.56. The summed E-state index contributed by atoms with van der Waals surface area (Å²) < 4.78 is 6.11. The number of allylic oxidation sites excluding steroid dienone is 3. The molecule has 0 aromatic rings. The largest absolute Gasteiger partial charge is 0.494 e. The van der Waals surface area contributed by atoms with Crippen LogP contribution in [0.1, 0.15) is 103 Å². The zero-order chi connectivity index (χ0) is 16.2. The van der Waals surface area contributed by atoms with Gasteiger partial charge in [0.2, 0.25) is 0 Å². The van der Waals surface area contributed by atoms with Gasteiger partial charge in [-0.15, -0.1) is 0 Å². The van der Waals surface area contributed by atoms with Crippen molar-refractivity contribution in [1.82, 2.24) is 0 Å². The summed E-state index contributed by atoms with van der Waals surface area (Å²) in [5.41, 5.74) is 0. The molecule has 132 valence electrons. The van der Waals surface area contributed by atoms with Crippen LogP contribution in [0.3, 0.4) is 0 Å². The van der Waals surface area contributed by atoms with Crippen LogP contribution in [0.2, 0.25) is 0 Å². The monoisotopic (exact) mass is 318 g/mol. The Bertz CT molecular complexity index is 355. The maximum Gasteiger partial charge on any atom is 0.103 e. The van der Waals surface area contributed by atoms with E-state index in [0.29, 0.717) is 12.0 Å². The fraction of sp³-hybridized carbons (Fsp3) is 0.818. The molecule has 1 saturated heterocycles. The summed E-state index contributed by atoms with van der Waals surface area (Å²) in [6, 6.07) is 0. The van der Waals surface area contributed by atoms with E-state index in [9.17, 15) is 0 Å². The lowest BCUT2D eigenvalue weighted by molar-refractivity contribution is 0.0505. The van der Waals surface area contributed by atoms with Crippen LogP contribution in [0, 0.1) is 5.92 Å². The molecule has 0 radical (unpaired) electrons. The van der Waals surface area contributed by atoms with Crippen LogP contribution in [-0.4, -0.2) is 6.10 Å². The lowest BCUT2D eigenvalue weighted by Crippen LogP contribution is -2.22. The lowest BCUT2D eigenvalue weighted by Gasteiger charge is -2.29. The molecule has 0 amide bonds. The van der Waals surface area contributed by atoms with E-state index >= 15 is 0 Å². The van der Waals surface area contributed by atoms with Gasteiger partial charge in [-0.1, -0.05) is 89.7 Å². The Labute approximate surface area is 144 Å². The van der Waals surface area contributed by atoms with Crippen LogP contribution >= 0.6 is 0 Å². The zero-order valence-corrected chi connectivity index (χ0v) is 15.4. The number of unbranched alkanes of at least 4 members (excludes halogenated alkanes) is 11. The molecule has 0 spiro atoms. The van der Waals surface area contributed by atoms with Gasteiger partial charge in [0, 0.05) is 5.92 Å². The van der Waals surface area contributed by atoms with Crippen molar-refractivity contribution in [2.45, 2.75) is 109 Å². The van der Waals surface area contributed by atoms with Crippen molar-refractivity contribution < 1.29 is 4.74 Å². The molecule has 23 heavy (non-hydrogen) atoms. The first-order valence-electron chi connectivity index (χ1n) is 10.4. The van der Waals surface area contributed by atoms with E-state index in [1.54, 1.807) is 0 Å². The standard InChI is InChI=1S/C22H38O/c1-2-3-4-5-6-7-8-9-10-11-12-13-16-21-19-18-20-15-14-17-22(20)23-21/h14-15,17,20-21H,2-13,16,18-19H2,1H3. The molecule has 2 unspecified atom stereocenters. The highest BCUT2D eigenvalue weighted by Gasteiger charge is 2.26. The minimum atomic E-state index is 0.500. The topological polar surface area (TPSA) is 9.23 Å². The van der Waals surface area contributed by atoms with Crippen LogP contribution in [0.4, 0.5) is 0 Å². The molecule has 2 rings (SSSR count). The van der Waals surface area contributed by atoms with Gasteiger partial charge in [0.15, 0.2) is 0 Å². The maximum atomic E-state index is 6.11. The number of hydrogen-bond acceptors (Lipinski definition) is 1. The van der Waals surface area contributed by atoms with Crippen molar-refractivity contribution in [1.29, 1.82) is 0 Å². The van der Waals surface area contributed by atoms with Gasteiger partial charge in [0.25, 0.3) is 0 Å². The molecule has 0 aromatic heterocycles. The van der Waals surface area contributed by atoms with E-state index in [1.807, 2.05) is 0 Å². The summed E-state index contributed by atoms with van der Waals surface area (Å²) in [6.45, 7) is 2.29. The third kappa shape index (κ3) is 7.59. The van der Waals surface area contributed by atoms with E-state index in [4.69, 9.17) is 4.74 Å². The highest BCUT2D eigenvalue weighted by atomic mass is 16.5. The van der Waals surface area contributed by atoms with Crippen molar-refractivity contribution in [3.63, 3.8) is 0 Å². The number of rotatable bonds is 13. The van der Waals surface area contributed by atoms with Gasteiger partial charge < -0.3 is 4.74 Å². The molecule has 0 saturated carbocycles. The Balaban J connectivity index is 1.33. The molecule has 1 aliphatic carbocycles. The summed E-state index contributed by atoms with van der Waals surface area (Å²) >= 11 is 0. The van der Waals surface area contributed by atoms with Crippen molar-refractivity contribution in [3.05, 3.63) is 24.0 Å². The minimum Gasteiger partial charge on any atom is -0.494 e. The molecule has 2 atom stereocenters. The molecule has 1 aliphatic heterocycles. The molecule has 0 N–H and O–H groups in total. The van der Waals surface area contributed by atoms with Gasteiger partial charge in [-0.2, -0.15) is 0 Å². The third-order valence-corrected chi connectivity index (χ3v) is 5.45. The first kappa shape index (κ1) is 18.6. The minimum absolute atomic E-state index is 0.500. The average molecular weight is 319 g/mol. The molecule has 1 heterocycles. The first-order chi connectivity index (χ1) is 11.4. The molecule has 1 heteroatoms. The summed E-state index contributed by atoms with van der Waals surface area (Å²) in [7, 11) is 0. The third-order valence-electron chi connectivity index (χ3n) is 5.45. The van der Waals surface area contributed by atoms with E-state index in [-0.39, 0.29) is 0 Å². The van der Waals surface area contributed by atoms with Crippen molar-refractivity contribution in [2.75, 3.05) is 0 Å². The van der Waals surface area contributed by atoms with Gasteiger partial charge in [0.05, 0.1) is 6.10 Å². The Morgan fingerprint density at radius 2 is 1.43 bits per heavy atom. The van der Waals surface area contributed by atoms with Crippen molar-refractivity contribution in [2.24, 2.45) is 5.92 Å². The Morgan fingerprint density at radius 1 is 0.826 bits per heavy atom. The van der Waals surface area contributed by atoms with Gasteiger partial charge in [-0.3, -0.25) is 0 Å². The quantitative estimate of drug-likeness (QED) is 0.323. The van der Waals surface area contributed by atoms with Gasteiger partial charge in [-0.25, -0.2) is 0 Å². The Hall–Kier alpha value is -0.720. The highest BCUT2D eigenvalue weighted by Crippen LogP contribution is 2.34. The molecular weight excluding hydrogens is 280 g/mol. The van der Waals surface area contributed by atoms with Crippen LogP contribution in [-0.2, 0) is 4.74 Å². The predicted octanol–water partition coefficient (Wildman–Crippen LogP) is 7.33. The van der Waals surface area contributed by atoms with E-state index in [2.05, 4.69) is 25.2 Å². The Kier molecular flexibility index (Phi) is 9.52. The zero-order valence-electron chi connectivity index (χ0n) is 15.4. The summed E-state index contributed by atoms with van der Waals surface area (Å²) in [6.07, 6.45) is 28.1. The van der Waals surface area contributed by atoms with Crippen molar-refractivity contribution >= 4 is 0 Å². The Morgan fingerprint density at radius 3 is 2.09 bits per heavy atom. The predicted molar refractivity (Wildman–Crippen MR) is 101 cm³/mol. The molecule has 2 aliphatic rings. The smallest absolute Gasteiger partial charge is 0.103 e. The molecule has 1 nitrogen and oxygen atoms in total. The molecule has 0 bridgehead atoms. The fourth-order valence-electron chi connectivity index (χ4n) is 3.90. The van der Waals surface area contributed by atoms with Crippen LogP contribution in [0.15, 0.2) is 24.0 Å². The van der Waals surface area contributed by atoms with Crippen molar-refractivity contribution in [3.8, 4) is 0 Å². The summed E-state index contributed by atoms with van der Waals surface area (Å²) in [5.74, 6) is 1.84. The summed E-state index contributed by atoms with van der Waals surface area (Å²) in [5, 5.41) is 0. The number of hydrogen-bond donors (Lipinski definition) is 0. The SMILES string of the molecule is CCCCCCCCCCCCCCC1CCC2C=CC=C2O1. The average Bonchev–Trinajstić information content (AvgIpc) is 3.03. The van der Waals surface area contributed by atoms with Gasteiger partial charge in [-0.05, 0) is 31.8 Å². The maximum absolute atomic E-state index is 6.11. The van der Waals surface area contributed by atoms with E-state index < -0.39 is 0 Å². The molecular formula is C22H38O. The van der Waals surface area contributed by atoms with Gasteiger partial charge >= 0.3 is 0 Å². The van der Waals surface area contributed by atoms with Crippen LogP contribution in [0.25, 0.3) is 0 Å². The van der Waals surface area contributed by atoms with Gasteiger partial charge in [0.1, 0.15) is 5.76 Å². The molecule has 1 fully saturated rings. The number of ether oxygens (including phenoxy) is 1. The summed E-state index contributed by atoms with van der Waals surface area (Å²) in [4.78, 5) is 0. The second-order valence-electron chi connectivity index (χ2n) is 7.56. The lowest BCUT2D eigenvalue weighted by atomic mass is 9.95. The molecule has 0 aromatic carbocycles. The second kappa shape index (κ2) is 11.8. The van der Waals surface area contributed by atoms with Crippen LogP contribution in [0.5, 0.6) is 0 Å². The normalized spacial score (nSPS) is 22.7. The first-order valence-corrected chi connectivity index (χ1v) is 10.4. The van der Waals surface area contributed by atoms with E-state index in [0.717, 1.165) is 0 Å².